The Morgan fingerprint density at radius 1 is 1.28 bits per heavy atom. The van der Waals surface area contributed by atoms with Crippen LogP contribution in [-0.4, -0.2) is 49.3 Å². The fraction of sp³-hybridized carbons (Fsp3) is 0.625. The molecule has 9 heteroatoms. The van der Waals surface area contributed by atoms with E-state index in [2.05, 4.69) is 5.32 Å². The van der Waals surface area contributed by atoms with Crippen LogP contribution in [0.25, 0.3) is 0 Å². The molecule has 1 fully saturated rings. The third kappa shape index (κ3) is 4.82. The van der Waals surface area contributed by atoms with Crippen LogP contribution in [0.3, 0.4) is 0 Å². The summed E-state index contributed by atoms with van der Waals surface area (Å²) in [7, 11) is -3.89. The maximum Gasteiger partial charge on any atom is 0.371 e. The maximum atomic E-state index is 12.5. The summed E-state index contributed by atoms with van der Waals surface area (Å²) in [4.78, 5) is 23.0. The molecule has 2 heterocycles. The lowest BCUT2D eigenvalue weighted by Crippen LogP contribution is -2.44. The summed E-state index contributed by atoms with van der Waals surface area (Å²) in [5.41, 5.74) is -0.0131. The number of nitrogens with zero attached hydrogens (tertiary/aromatic N) is 1. The minimum Gasteiger partial charge on any atom is -0.475 e. The second kappa shape index (κ2) is 7.17. The van der Waals surface area contributed by atoms with Crippen LogP contribution in [-0.2, 0) is 14.8 Å². The van der Waals surface area contributed by atoms with Crippen LogP contribution in [0.1, 0.15) is 44.2 Å². The van der Waals surface area contributed by atoms with Crippen molar-refractivity contribution in [3.8, 4) is 0 Å². The van der Waals surface area contributed by atoms with Gasteiger partial charge in [0.1, 0.15) is 0 Å². The van der Waals surface area contributed by atoms with Gasteiger partial charge in [-0.05, 0) is 30.4 Å². The average molecular weight is 372 g/mol. The normalized spacial score (nSPS) is 17.4. The van der Waals surface area contributed by atoms with Crippen molar-refractivity contribution in [2.24, 2.45) is 11.3 Å². The van der Waals surface area contributed by atoms with Gasteiger partial charge in [-0.2, -0.15) is 4.31 Å². The molecule has 0 spiro atoms. The molecule has 1 aromatic heterocycles. The molecule has 0 aliphatic carbocycles. The molecule has 1 aliphatic heterocycles. The largest absolute Gasteiger partial charge is 0.475 e. The first kappa shape index (κ1) is 19.5. The van der Waals surface area contributed by atoms with E-state index in [0.29, 0.717) is 19.4 Å². The Morgan fingerprint density at radius 2 is 1.88 bits per heavy atom. The minimum absolute atomic E-state index is 0.0131. The molecule has 140 valence electrons. The van der Waals surface area contributed by atoms with Crippen LogP contribution in [0.4, 0.5) is 0 Å². The van der Waals surface area contributed by atoms with Gasteiger partial charge in [0.2, 0.25) is 16.8 Å². The van der Waals surface area contributed by atoms with Gasteiger partial charge >= 0.3 is 5.97 Å². The Morgan fingerprint density at radius 3 is 2.36 bits per heavy atom. The molecule has 0 unspecified atom stereocenters. The number of rotatable bonds is 5. The summed E-state index contributed by atoms with van der Waals surface area (Å²) in [6.45, 7) is 7.03. The summed E-state index contributed by atoms with van der Waals surface area (Å²) in [5, 5.41) is 11.3. The van der Waals surface area contributed by atoms with Crippen LogP contribution >= 0.6 is 0 Å². The predicted molar refractivity (Wildman–Crippen MR) is 89.6 cm³/mol. The number of sulfonamides is 1. The highest BCUT2D eigenvalue weighted by molar-refractivity contribution is 7.89. The fourth-order valence-corrected chi connectivity index (χ4v) is 3.94. The highest BCUT2D eigenvalue weighted by atomic mass is 32.2. The molecule has 1 amide bonds. The fourth-order valence-electron chi connectivity index (χ4n) is 2.56. The van der Waals surface area contributed by atoms with E-state index in [0.717, 1.165) is 12.1 Å². The molecule has 8 nitrogen and oxygen atoms in total. The van der Waals surface area contributed by atoms with E-state index in [1.54, 1.807) is 0 Å². The summed E-state index contributed by atoms with van der Waals surface area (Å²) < 4.78 is 31.1. The van der Waals surface area contributed by atoms with Crippen molar-refractivity contribution in [3.63, 3.8) is 0 Å². The van der Waals surface area contributed by atoms with E-state index in [-0.39, 0.29) is 35.4 Å². The molecule has 1 saturated heterocycles. The van der Waals surface area contributed by atoms with Crippen molar-refractivity contribution in [2.75, 3.05) is 19.6 Å². The van der Waals surface area contributed by atoms with Crippen molar-refractivity contribution < 1.29 is 27.5 Å². The van der Waals surface area contributed by atoms with Crippen LogP contribution in [0, 0.1) is 11.3 Å². The van der Waals surface area contributed by atoms with Crippen molar-refractivity contribution in [2.45, 2.75) is 38.7 Å². The Balaban J connectivity index is 1.96. The van der Waals surface area contributed by atoms with Crippen LogP contribution < -0.4 is 5.32 Å². The van der Waals surface area contributed by atoms with E-state index in [4.69, 9.17) is 9.52 Å². The lowest BCUT2D eigenvalue weighted by Gasteiger charge is -2.30. The van der Waals surface area contributed by atoms with E-state index in [1.165, 1.54) is 4.31 Å². The summed E-state index contributed by atoms with van der Waals surface area (Å²) in [5.74, 6) is -2.02. The zero-order valence-corrected chi connectivity index (χ0v) is 15.4. The number of carbonyl (C=O) groups is 2. The summed E-state index contributed by atoms with van der Waals surface area (Å²) in [6, 6.07) is 2.25. The molecule has 1 aliphatic rings. The van der Waals surface area contributed by atoms with Gasteiger partial charge in [-0.25, -0.2) is 13.2 Å². The van der Waals surface area contributed by atoms with Gasteiger partial charge in [-0.3, -0.25) is 4.79 Å². The number of carboxylic acids is 1. The van der Waals surface area contributed by atoms with Gasteiger partial charge in [0.15, 0.2) is 0 Å². The van der Waals surface area contributed by atoms with Crippen LogP contribution in [0.2, 0.25) is 0 Å². The molecule has 2 N–H and O–H groups in total. The Kier molecular flexibility index (Phi) is 5.58. The molecule has 25 heavy (non-hydrogen) atoms. The molecule has 0 aromatic carbocycles. The van der Waals surface area contributed by atoms with Gasteiger partial charge < -0.3 is 14.8 Å². The minimum atomic E-state index is -3.89. The standard InChI is InChI=1S/C16H24N2O6S/c1-16(2,3)10-17-14(19)11-6-8-18(9-7-11)25(22,23)13-5-4-12(24-13)15(20)21/h4-5,11H,6-10H2,1-3H3,(H,17,19)(H,20,21). The van der Waals surface area contributed by atoms with Gasteiger partial charge in [0.05, 0.1) is 0 Å². The van der Waals surface area contributed by atoms with Crippen molar-refractivity contribution in [1.29, 1.82) is 0 Å². The number of hydrogen-bond acceptors (Lipinski definition) is 5. The summed E-state index contributed by atoms with van der Waals surface area (Å²) >= 11 is 0. The number of aromatic carboxylic acids is 1. The Bertz CT molecular complexity index is 739. The molecule has 0 radical (unpaired) electrons. The van der Waals surface area contributed by atoms with Crippen molar-refractivity contribution in [1.82, 2.24) is 9.62 Å². The van der Waals surface area contributed by atoms with Gasteiger partial charge in [-0.15, -0.1) is 0 Å². The second-order valence-corrected chi connectivity index (χ2v) is 9.25. The predicted octanol–water partition coefficient (Wildman–Crippen LogP) is 1.54. The highest BCUT2D eigenvalue weighted by Crippen LogP contribution is 2.25. The van der Waals surface area contributed by atoms with Gasteiger partial charge in [0, 0.05) is 25.6 Å². The number of carbonyl (C=O) groups excluding carboxylic acids is 1. The number of furan rings is 1. The average Bonchev–Trinajstić information content (AvgIpc) is 3.03. The quantitative estimate of drug-likeness (QED) is 0.810. The third-order valence-electron chi connectivity index (χ3n) is 4.00. The molecular formula is C16H24N2O6S. The lowest BCUT2D eigenvalue weighted by molar-refractivity contribution is -0.126. The van der Waals surface area contributed by atoms with Gasteiger partial charge in [-0.1, -0.05) is 20.8 Å². The lowest BCUT2D eigenvalue weighted by atomic mass is 9.94. The van der Waals surface area contributed by atoms with E-state index in [9.17, 15) is 18.0 Å². The molecule has 0 bridgehead atoms. The van der Waals surface area contributed by atoms with Crippen molar-refractivity contribution >= 4 is 21.9 Å². The number of hydrogen-bond donors (Lipinski definition) is 2. The SMILES string of the molecule is CC(C)(C)CNC(=O)C1CCN(S(=O)(=O)c2ccc(C(=O)O)o2)CC1. The number of amides is 1. The summed E-state index contributed by atoms with van der Waals surface area (Å²) in [6.07, 6.45) is 0.837. The smallest absolute Gasteiger partial charge is 0.371 e. The second-order valence-electron chi connectivity index (χ2n) is 7.38. The molecule has 0 saturated carbocycles. The van der Waals surface area contributed by atoms with Crippen LogP contribution in [0.5, 0.6) is 0 Å². The van der Waals surface area contributed by atoms with Crippen LogP contribution in [0.15, 0.2) is 21.6 Å². The molecular weight excluding hydrogens is 348 g/mol. The number of piperidine rings is 1. The highest BCUT2D eigenvalue weighted by Gasteiger charge is 2.34. The zero-order chi connectivity index (χ0) is 18.8. The van der Waals surface area contributed by atoms with E-state index < -0.39 is 21.8 Å². The molecule has 2 rings (SSSR count). The first-order valence-corrected chi connectivity index (χ1v) is 9.56. The van der Waals surface area contributed by atoms with Gasteiger partial charge in [0.25, 0.3) is 10.0 Å². The first-order valence-electron chi connectivity index (χ1n) is 8.12. The molecule has 1 aromatic rings. The van der Waals surface area contributed by atoms with E-state index >= 15 is 0 Å². The Labute approximate surface area is 147 Å². The maximum absolute atomic E-state index is 12.5. The topological polar surface area (TPSA) is 117 Å². The molecule has 0 atom stereocenters. The zero-order valence-electron chi connectivity index (χ0n) is 14.6. The van der Waals surface area contributed by atoms with E-state index in [1.807, 2.05) is 20.8 Å². The third-order valence-corrected chi connectivity index (χ3v) is 5.78. The Hall–Kier alpha value is -1.87. The number of nitrogens with one attached hydrogen (secondary N) is 1. The monoisotopic (exact) mass is 372 g/mol. The first-order chi connectivity index (χ1) is 11.5. The number of carboxylic acid groups (broad SMARTS) is 1. The van der Waals surface area contributed by atoms with Crippen molar-refractivity contribution in [3.05, 3.63) is 17.9 Å².